The van der Waals surface area contributed by atoms with E-state index in [1.807, 2.05) is 0 Å². The second-order valence-corrected chi connectivity index (χ2v) is 6.39. The predicted molar refractivity (Wildman–Crippen MR) is 68.1 cm³/mol. The zero-order valence-corrected chi connectivity index (χ0v) is 11.4. The topological polar surface area (TPSA) is 114 Å². The molecule has 19 heavy (non-hydrogen) atoms. The molecule has 8 nitrogen and oxygen atoms in total. The molecule has 1 unspecified atom stereocenters. The van der Waals surface area contributed by atoms with Crippen LogP contribution in [0, 0.1) is 0 Å². The molecule has 3 N–H and O–H groups in total. The summed E-state index contributed by atoms with van der Waals surface area (Å²) >= 11 is 0. The smallest absolute Gasteiger partial charge is 0.246 e. The fraction of sp³-hybridized carbons (Fsp3) is 0.600. The Labute approximate surface area is 111 Å². The number of amidine groups is 1. The summed E-state index contributed by atoms with van der Waals surface area (Å²) in [6.45, 7) is 0.359. The first-order valence-electron chi connectivity index (χ1n) is 5.94. The van der Waals surface area contributed by atoms with Crippen LogP contribution in [0.3, 0.4) is 0 Å². The van der Waals surface area contributed by atoms with Crippen LogP contribution in [0.2, 0.25) is 0 Å². The van der Waals surface area contributed by atoms with E-state index in [0.29, 0.717) is 13.0 Å². The highest BCUT2D eigenvalue weighted by Crippen LogP contribution is 2.25. The van der Waals surface area contributed by atoms with Crippen LogP contribution in [0.4, 0.5) is 0 Å². The van der Waals surface area contributed by atoms with Crippen molar-refractivity contribution in [1.29, 1.82) is 0 Å². The molecule has 0 saturated carbocycles. The summed E-state index contributed by atoms with van der Waals surface area (Å²) in [7, 11) is -2.02. The summed E-state index contributed by atoms with van der Waals surface area (Å²) in [4.78, 5) is 0.118. The van der Waals surface area contributed by atoms with Gasteiger partial charge in [-0.1, -0.05) is 11.6 Å². The van der Waals surface area contributed by atoms with E-state index in [1.54, 1.807) is 7.05 Å². The molecule has 2 heterocycles. The summed E-state index contributed by atoms with van der Waals surface area (Å²) in [6, 6.07) is -0.594. The molecule has 9 heteroatoms. The van der Waals surface area contributed by atoms with Crippen molar-refractivity contribution >= 4 is 15.9 Å². The third-order valence-electron chi connectivity index (χ3n) is 3.20. The number of aromatic nitrogens is 2. The number of rotatable bonds is 3. The van der Waals surface area contributed by atoms with Gasteiger partial charge in [-0.05, 0) is 12.8 Å². The summed E-state index contributed by atoms with van der Waals surface area (Å²) < 4.78 is 27.7. The molecule has 2 rings (SSSR count). The van der Waals surface area contributed by atoms with Crippen molar-refractivity contribution in [2.24, 2.45) is 17.9 Å². The van der Waals surface area contributed by atoms with E-state index < -0.39 is 16.1 Å². The Morgan fingerprint density at radius 3 is 2.89 bits per heavy atom. The lowest BCUT2D eigenvalue weighted by Crippen LogP contribution is -2.50. The first-order valence-corrected chi connectivity index (χ1v) is 7.38. The van der Waals surface area contributed by atoms with Gasteiger partial charge >= 0.3 is 0 Å². The number of sulfonamides is 1. The Kier molecular flexibility index (Phi) is 3.76. The molecule has 1 aromatic rings. The minimum Gasteiger partial charge on any atom is -0.409 e. The number of hydrogen-bond donors (Lipinski definition) is 2. The van der Waals surface area contributed by atoms with Crippen LogP contribution in [-0.2, 0) is 17.1 Å². The summed E-state index contributed by atoms with van der Waals surface area (Å²) in [5.74, 6) is -0.0767. The highest BCUT2D eigenvalue weighted by Gasteiger charge is 2.36. The van der Waals surface area contributed by atoms with E-state index in [-0.39, 0.29) is 10.7 Å². The molecule has 0 spiro atoms. The Hall–Kier alpha value is -1.61. The first kappa shape index (κ1) is 13.8. The summed E-state index contributed by atoms with van der Waals surface area (Å²) in [5.41, 5.74) is 5.59. The number of oxime groups is 1. The van der Waals surface area contributed by atoms with Gasteiger partial charge in [-0.25, -0.2) is 8.42 Å². The van der Waals surface area contributed by atoms with Crippen molar-refractivity contribution < 1.29 is 13.6 Å². The highest BCUT2D eigenvalue weighted by molar-refractivity contribution is 7.89. The second-order valence-electron chi connectivity index (χ2n) is 4.50. The van der Waals surface area contributed by atoms with Crippen LogP contribution in [0.15, 0.2) is 22.4 Å². The number of piperidine rings is 1. The van der Waals surface area contributed by atoms with Gasteiger partial charge in [0.05, 0.1) is 12.2 Å². The average molecular weight is 287 g/mol. The maximum absolute atomic E-state index is 12.5. The highest BCUT2D eigenvalue weighted by atomic mass is 32.2. The minimum absolute atomic E-state index is 0.0767. The van der Waals surface area contributed by atoms with Gasteiger partial charge in [-0.2, -0.15) is 9.40 Å². The van der Waals surface area contributed by atoms with Crippen molar-refractivity contribution in [3.05, 3.63) is 12.4 Å². The normalized spacial score (nSPS) is 22.6. The van der Waals surface area contributed by atoms with Gasteiger partial charge in [0, 0.05) is 19.8 Å². The zero-order valence-electron chi connectivity index (χ0n) is 10.6. The van der Waals surface area contributed by atoms with Crippen molar-refractivity contribution in [2.75, 3.05) is 6.54 Å². The van der Waals surface area contributed by atoms with Gasteiger partial charge in [-0.15, -0.1) is 0 Å². The molecule has 1 aliphatic heterocycles. The fourth-order valence-corrected chi connectivity index (χ4v) is 3.88. The van der Waals surface area contributed by atoms with Crippen LogP contribution in [0.1, 0.15) is 19.3 Å². The Morgan fingerprint density at radius 2 is 2.32 bits per heavy atom. The van der Waals surface area contributed by atoms with Gasteiger partial charge in [0.1, 0.15) is 4.90 Å². The lowest BCUT2D eigenvalue weighted by molar-refractivity contribution is 0.281. The molecule has 0 bridgehead atoms. The number of nitrogens with zero attached hydrogens (tertiary/aromatic N) is 4. The molecular formula is C10H17N5O3S. The predicted octanol–water partition coefficient (Wildman–Crippen LogP) is -0.290. The Balaban J connectivity index is 2.37. The summed E-state index contributed by atoms with van der Waals surface area (Å²) in [6.07, 6.45) is 4.89. The molecule has 106 valence electrons. The van der Waals surface area contributed by atoms with E-state index in [4.69, 9.17) is 10.9 Å². The van der Waals surface area contributed by atoms with Crippen LogP contribution in [0.25, 0.3) is 0 Å². The van der Waals surface area contributed by atoms with Crippen molar-refractivity contribution in [1.82, 2.24) is 14.1 Å². The van der Waals surface area contributed by atoms with E-state index in [2.05, 4.69) is 10.3 Å². The standard InChI is InChI=1S/C10H17N5O3S/c1-14-7-8(6-12-14)19(17,18)15-5-3-2-4-9(15)10(11)13-16/h6-7,9,16H,2-5H2,1H3,(H2,11,13). The lowest BCUT2D eigenvalue weighted by Gasteiger charge is -2.33. The van der Waals surface area contributed by atoms with Crippen molar-refractivity contribution in [2.45, 2.75) is 30.2 Å². The third-order valence-corrected chi connectivity index (χ3v) is 5.06. The molecule has 1 saturated heterocycles. The van der Waals surface area contributed by atoms with Crippen molar-refractivity contribution in [3.8, 4) is 0 Å². The van der Waals surface area contributed by atoms with Gasteiger partial charge in [-0.3, -0.25) is 4.68 Å². The molecular weight excluding hydrogens is 270 g/mol. The fourth-order valence-electron chi connectivity index (χ4n) is 2.22. The molecule has 1 atom stereocenters. The second kappa shape index (κ2) is 5.17. The van der Waals surface area contributed by atoms with E-state index in [0.717, 1.165) is 12.8 Å². The average Bonchev–Trinajstić information content (AvgIpc) is 2.85. The molecule has 1 aliphatic rings. The molecule has 0 amide bonds. The number of aryl methyl sites for hydroxylation is 1. The lowest BCUT2D eigenvalue weighted by atomic mass is 10.0. The third kappa shape index (κ3) is 2.56. The molecule has 0 aromatic carbocycles. The van der Waals surface area contributed by atoms with Crippen LogP contribution < -0.4 is 5.73 Å². The van der Waals surface area contributed by atoms with Gasteiger partial charge in [0.15, 0.2) is 5.84 Å². The Bertz CT molecular complexity index is 580. The largest absolute Gasteiger partial charge is 0.409 e. The quantitative estimate of drug-likeness (QED) is 0.343. The van der Waals surface area contributed by atoms with Gasteiger partial charge < -0.3 is 10.9 Å². The molecule has 1 aromatic heterocycles. The van der Waals surface area contributed by atoms with Crippen LogP contribution >= 0.6 is 0 Å². The van der Waals surface area contributed by atoms with Gasteiger partial charge in [0.2, 0.25) is 10.0 Å². The molecule has 0 aliphatic carbocycles. The van der Waals surface area contributed by atoms with Crippen LogP contribution in [0.5, 0.6) is 0 Å². The number of hydrogen-bond acceptors (Lipinski definition) is 5. The van der Waals surface area contributed by atoms with E-state index in [1.165, 1.54) is 21.4 Å². The van der Waals surface area contributed by atoms with Crippen molar-refractivity contribution in [3.63, 3.8) is 0 Å². The van der Waals surface area contributed by atoms with E-state index >= 15 is 0 Å². The maximum atomic E-state index is 12.5. The SMILES string of the molecule is Cn1cc(S(=O)(=O)N2CCCCC2C(N)=NO)cn1. The van der Waals surface area contributed by atoms with Crippen LogP contribution in [-0.4, -0.2) is 46.1 Å². The van der Waals surface area contributed by atoms with E-state index in [9.17, 15) is 8.42 Å². The summed E-state index contributed by atoms with van der Waals surface area (Å²) in [5, 5.41) is 15.6. The maximum Gasteiger partial charge on any atom is 0.246 e. The number of nitrogens with two attached hydrogens (primary N) is 1. The monoisotopic (exact) mass is 287 g/mol. The Morgan fingerprint density at radius 1 is 1.58 bits per heavy atom. The molecule has 1 fully saturated rings. The van der Waals surface area contributed by atoms with Gasteiger partial charge in [0.25, 0.3) is 0 Å². The minimum atomic E-state index is -3.67. The zero-order chi connectivity index (χ0) is 14.0. The first-order chi connectivity index (χ1) is 8.96. The molecule has 0 radical (unpaired) electrons.